The number of nitrogens with one attached hydrogen (secondary N) is 1. The second-order valence-electron chi connectivity index (χ2n) is 6.96. The van der Waals surface area contributed by atoms with Gasteiger partial charge in [-0.1, -0.05) is 25.1 Å². The normalized spacial score (nSPS) is 10.8. The smallest absolute Gasteiger partial charge is 0.196 e. The maximum absolute atomic E-state index is 6.05. The summed E-state index contributed by atoms with van der Waals surface area (Å²) in [5.74, 6) is 1.70. The first-order chi connectivity index (χ1) is 15.2. The predicted molar refractivity (Wildman–Crippen MR) is 123 cm³/mol. The molecular weight excluding hydrogens is 406 g/mol. The zero-order valence-electron chi connectivity index (χ0n) is 17.6. The number of anilines is 1. The fourth-order valence-corrected chi connectivity index (χ4v) is 3.87. The molecule has 1 radical (unpaired) electrons. The minimum Gasteiger partial charge on any atom is -0.493 e. The lowest BCUT2D eigenvalue weighted by Gasteiger charge is -2.14. The number of aromatic nitrogens is 4. The van der Waals surface area contributed by atoms with Gasteiger partial charge in [-0.2, -0.15) is 0 Å². The van der Waals surface area contributed by atoms with E-state index in [1.54, 1.807) is 24.2 Å². The van der Waals surface area contributed by atoms with E-state index in [4.69, 9.17) is 4.74 Å². The van der Waals surface area contributed by atoms with Crippen molar-refractivity contribution in [1.29, 1.82) is 0 Å². The quantitative estimate of drug-likeness (QED) is 0.392. The Morgan fingerprint density at radius 1 is 1.06 bits per heavy atom. The van der Waals surface area contributed by atoms with Crippen LogP contribution in [0.4, 0.5) is 5.69 Å². The van der Waals surface area contributed by atoms with E-state index in [-0.39, 0.29) is 0 Å². The number of ether oxygens (including phenoxy) is 1. The minimum absolute atomic E-state index is 0.678. The van der Waals surface area contributed by atoms with Crippen molar-refractivity contribution in [3.05, 3.63) is 78.6 Å². The molecule has 0 amide bonds. The van der Waals surface area contributed by atoms with Crippen LogP contribution in [-0.4, -0.2) is 26.4 Å². The first-order valence-corrected chi connectivity index (χ1v) is 11.0. The number of nitrogens with zero attached hydrogens (tertiary/aromatic N) is 4. The highest BCUT2D eigenvalue weighted by atomic mass is 32.2. The molecule has 7 heteroatoms. The Labute approximate surface area is 186 Å². The second-order valence-corrected chi connectivity index (χ2v) is 8.00. The number of rotatable bonds is 9. The molecule has 2 aromatic heterocycles. The van der Waals surface area contributed by atoms with Crippen LogP contribution >= 0.6 is 11.8 Å². The van der Waals surface area contributed by atoms with Crippen molar-refractivity contribution in [2.24, 2.45) is 7.05 Å². The van der Waals surface area contributed by atoms with Crippen molar-refractivity contribution in [3.63, 3.8) is 0 Å². The van der Waals surface area contributed by atoms with Gasteiger partial charge in [-0.3, -0.25) is 4.98 Å². The summed E-state index contributed by atoms with van der Waals surface area (Å²) in [6.07, 6.45) is 4.47. The van der Waals surface area contributed by atoms with Crippen LogP contribution in [0.2, 0.25) is 0 Å². The van der Waals surface area contributed by atoms with Crippen molar-refractivity contribution >= 4 is 17.4 Å². The van der Waals surface area contributed by atoms with Crippen LogP contribution in [0.1, 0.15) is 18.9 Å². The molecular formula is C24H24N5OS. The topological polar surface area (TPSA) is 64.9 Å². The van der Waals surface area contributed by atoms with Gasteiger partial charge in [-0.05, 0) is 60.6 Å². The summed E-state index contributed by atoms with van der Waals surface area (Å²) in [4.78, 5) is 5.13. The van der Waals surface area contributed by atoms with Crippen LogP contribution < -0.4 is 10.1 Å². The van der Waals surface area contributed by atoms with Gasteiger partial charge in [0.15, 0.2) is 11.0 Å². The van der Waals surface area contributed by atoms with Crippen molar-refractivity contribution in [3.8, 4) is 17.1 Å². The van der Waals surface area contributed by atoms with Gasteiger partial charge in [0.2, 0.25) is 0 Å². The van der Waals surface area contributed by atoms with E-state index in [0.717, 1.165) is 44.9 Å². The zero-order valence-corrected chi connectivity index (χ0v) is 18.4. The van der Waals surface area contributed by atoms with E-state index >= 15 is 0 Å². The predicted octanol–water partition coefficient (Wildman–Crippen LogP) is 5.23. The Morgan fingerprint density at radius 3 is 2.65 bits per heavy atom. The largest absolute Gasteiger partial charge is 0.493 e. The summed E-state index contributed by atoms with van der Waals surface area (Å²) in [6.45, 7) is 3.47. The number of pyridine rings is 1. The number of benzene rings is 2. The van der Waals surface area contributed by atoms with E-state index in [9.17, 15) is 0 Å². The summed E-state index contributed by atoms with van der Waals surface area (Å²) in [5.41, 5.74) is 3.16. The van der Waals surface area contributed by atoms with Gasteiger partial charge in [0.1, 0.15) is 5.75 Å². The molecule has 0 fully saturated rings. The average Bonchev–Trinajstić information content (AvgIpc) is 3.18. The summed E-state index contributed by atoms with van der Waals surface area (Å²) in [7, 11) is 1.97. The lowest BCUT2D eigenvalue weighted by atomic mass is 10.2. The molecule has 0 atom stereocenters. The van der Waals surface area contributed by atoms with E-state index in [2.05, 4.69) is 51.7 Å². The molecule has 4 rings (SSSR count). The van der Waals surface area contributed by atoms with Gasteiger partial charge >= 0.3 is 0 Å². The number of hydrogen-bond acceptors (Lipinski definition) is 6. The molecule has 0 saturated heterocycles. The molecule has 0 aliphatic rings. The standard InChI is InChI=1S/C24H24N5OS/c1-3-15-30-22-16-21(10-9-19(22)17-26-20-7-5-4-6-8-20)31-24-28-27-23(29(24)2)18-11-13-25-14-12-18/h5-14,16,26H,3,15,17H2,1-2H3. The lowest BCUT2D eigenvalue weighted by molar-refractivity contribution is 0.314. The van der Waals surface area contributed by atoms with Crippen LogP contribution in [0, 0.1) is 6.07 Å². The SMILES string of the molecule is CCCOc1cc(Sc2nnc(-c3ccncc3)n2C)ccc1CNc1cc[c]cc1. The number of hydrogen-bond donors (Lipinski definition) is 1. The first-order valence-electron chi connectivity index (χ1n) is 10.2. The average molecular weight is 431 g/mol. The molecule has 2 aromatic carbocycles. The third-order valence-corrected chi connectivity index (χ3v) is 5.71. The molecule has 1 N–H and O–H groups in total. The molecule has 0 unspecified atom stereocenters. The Kier molecular flexibility index (Phi) is 6.84. The fraction of sp³-hybridized carbons (Fsp3) is 0.208. The second kappa shape index (κ2) is 10.1. The highest BCUT2D eigenvalue weighted by molar-refractivity contribution is 7.99. The molecule has 31 heavy (non-hydrogen) atoms. The molecule has 0 aliphatic heterocycles. The molecule has 2 heterocycles. The Bertz CT molecular complexity index is 1120. The van der Waals surface area contributed by atoms with Crippen molar-refractivity contribution in [2.45, 2.75) is 29.9 Å². The molecule has 157 valence electrons. The summed E-state index contributed by atoms with van der Waals surface area (Å²) in [6, 6.07) is 21.0. The van der Waals surface area contributed by atoms with Gasteiger partial charge in [0.25, 0.3) is 0 Å². The fourth-order valence-electron chi connectivity index (χ4n) is 3.05. The van der Waals surface area contributed by atoms with Crippen LogP contribution in [0.15, 0.2) is 77.0 Å². The molecule has 0 aliphatic carbocycles. The Hall–Kier alpha value is -3.32. The van der Waals surface area contributed by atoms with Gasteiger partial charge in [-0.25, -0.2) is 0 Å². The maximum Gasteiger partial charge on any atom is 0.196 e. The van der Waals surface area contributed by atoms with Gasteiger partial charge in [0, 0.05) is 47.7 Å². The van der Waals surface area contributed by atoms with Gasteiger partial charge in [0.05, 0.1) is 6.61 Å². The van der Waals surface area contributed by atoms with E-state index in [0.29, 0.717) is 13.2 Å². The van der Waals surface area contributed by atoms with Crippen molar-refractivity contribution < 1.29 is 4.74 Å². The molecule has 4 aromatic rings. The summed E-state index contributed by atoms with van der Waals surface area (Å²) < 4.78 is 8.04. The lowest BCUT2D eigenvalue weighted by Crippen LogP contribution is -2.04. The third kappa shape index (κ3) is 5.24. The highest BCUT2D eigenvalue weighted by Crippen LogP contribution is 2.33. The Morgan fingerprint density at radius 2 is 1.87 bits per heavy atom. The Balaban J connectivity index is 1.53. The van der Waals surface area contributed by atoms with E-state index in [1.165, 1.54) is 0 Å². The summed E-state index contributed by atoms with van der Waals surface area (Å²) >= 11 is 1.57. The molecule has 0 spiro atoms. The minimum atomic E-state index is 0.678. The summed E-state index contributed by atoms with van der Waals surface area (Å²) in [5, 5.41) is 13.0. The van der Waals surface area contributed by atoms with E-state index in [1.807, 2.05) is 48.0 Å². The van der Waals surface area contributed by atoms with Crippen molar-refractivity contribution in [1.82, 2.24) is 19.7 Å². The van der Waals surface area contributed by atoms with Gasteiger partial charge in [-0.15, -0.1) is 10.2 Å². The molecule has 0 saturated carbocycles. The van der Waals surface area contributed by atoms with Gasteiger partial charge < -0.3 is 14.6 Å². The highest BCUT2D eigenvalue weighted by Gasteiger charge is 2.13. The third-order valence-electron chi connectivity index (χ3n) is 4.68. The molecule has 0 bridgehead atoms. The maximum atomic E-state index is 6.05. The zero-order chi connectivity index (χ0) is 21.5. The monoisotopic (exact) mass is 430 g/mol. The van der Waals surface area contributed by atoms with Crippen LogP contribution in [0.5, 0.6) is 5.75 Å². The van der Waals surface area contributed by atoms with Crippen LogP contribution in [-0.2, 0) is 13.6 Å². The molecule has 6 nitrogen and oxygen atoms in total. The van der Waals surface area contributed by atoms with Crippen molar-refractivity contribution in [2.75, 3.05) is 11.9 Å². The van der Waals surface area contributed by atoms with Crippen LogP contribution in [0.25, 0.3) is 11.4 Å². The van der Waals surface area contributed by atoms with Crippen LogP contribution in [0.3, 0.4) is 0 Å². The first kappa shape index (κ1) is 20.9. The van der Waals surface area contributed by atoms with E-state index < -0.39 is 0 Å².